The van der Waals surface area contributed by atoms with Crippen molar-refractivity contribution in [3.05, 3.63) is 11.6 Å². The Kier molecular flexibility index (Phi) is 5.53. The molecule has 0 radical (unpaired) electrons. The van der Waals surface area contributed by atoms with Crippen molar-refractivity contribution in [3.8, 4) is 0 Å². The fourth-order valence-electron chi connectivity index (χ4n) is 2.56. The predicted octanol–water partition coefficient (Wildman–Crippen LogP) is 1.48. The van der Waals surface area contributed by atoms with Crippen LogP contribution >= 0.6 is 12.4 Å². The number of rotatable bonds is 4. The van der Waals surface area contributed by atoms with Gasteiger partial charge in [0, 0.05) is 6.54 Å². The molecule has 0 aliphatic carbocycles. The average molecular weight is 302 g/mol. The number of halogens is 1. The number of aryl methyl sites for hydroxylation is 2. The molecular weight excluding hydrogens is 278 g/mol. The number of nitrogens with two attached hydrogens (primary N) is 1. The molecule has 1 aliphatic heterocycles. The number of nitrogens with zero attached hydrogens (tertiary/aromatic N) is 3. The lowest BCUT2D eigenvalue weighted by Crippen LogP contribution is -2.52. The van der Waals surface area contributed by atoms with Crippen molar-refractivity contribution in [2.75, 3.05) is 0 Å². The first kappa shape index (κ1) is 16.9. The van der Waals surface area contributed by atoms with Crippen molar-refractivity contribution in [1.29, 1.82) is 0 Å². The number of fused-ring (bicyclic) bond motifs is 1. The third-order valence-electron chi connectivity index (χ3n) is 3.57. The molecule has 1 aromatic heterocycles. The highest BCUT2D eigenvalue weighted by molar-refractivity contribution is 5.86. The van der Waals surface area contributed by atoms with Crippen molar-refractivity contribution in [3.63, 3.8) is 0 Å². The maximum absolute atomic E-state index is 12.2. The molecule has 0 spiro atoms. The van der Waals surface area contributed by atoms with Gasteiger partial charge in [-0.3, -0.25) is 4.79 Å². The highest BCUT2D eigenvalue weighted by Gasteiger charge is 2.32. The van der Waals surface area contributed by atoms with Gasteiger partial charge >= 0.3 is 0 Å². The number of nitrogens with one attached hydrogen (secondary N) is 1. The first-order valence-corrected chi connectivity index (χ1v) is 6.95. The summed E-state index contributed by atoms with van der Waals surface area (Å²) in [5, 5.41) is 7.36. The zero-order chi connectivity index (χ0) is 14.0. The van der Waals surface area contributed by atoms with E-state index >= 15 is 0 Å². The quantitative estimate of drug-likeness (QED) is 0.882. The Morgan fingerprint density at radius 2 is 2.30 bits per heavy atom. The third-order valence-corrected chi connectivity index (χ3v) is 3.57. The topological polar surface area (TPSA) is 85.8 Å². The SMILES string of the molecule is CCCC(C)(N)C(=O)NC1CCCn2nc(C)nc21.Cl. The highest BCUT2D eigenvalue weighted by Crippen LogP contribution is 2.24. The zero-order valence-corrected chi connectivity index (χ0v) is 13.2. The van der Waals surface area contributed by atoms with Gasteiger partial charge in [0.05, 0.1) is 11.6 Å². The van der Waals surface area contributed by atoms with Crippen LogP contribution in [-0.2, 0) is 11.3 Å². The molecule has 0 bridgehead atoms. The van der Waals surface area contributed by atoms with Crippen LogP contribution in [0.3, 0.4) is 0 Å². The molecule has 7 heteroatoms. The van der Waals surface area contributed by atoms with Crippen LogP contribution in [0.2, 0.25) is 0 Å². The highest BCUT2D eigenvalue weighted by atomic mass is 35.5. The van der Waals surface area contributed by atoms with Gasteiger partial charge in [0.2, 0.25) is 5.91 Å². The van der Waals surface area contributed by atoms with Gasteiger partial charge in [-0.25, -0.2) is 9.67 Å². The van der Waals surface area contributed by atoms with E-state index in [-0.39, 0.29) is 24.4 Å². The van der Waals surface area contributed by atoms with Crippen LogP contribution in [-0.4, -0.2) is 26.2 Å². The van der Waals surface area contributed by atoms with Crippen LogP contribution in [0.5, 0.6) is 0 Å². The van der Waals surface area contributed by atoms with Gasteiger partial charge in [-0.15, -0.1) is 12.4 Å². The van der Waals surface area contributed by atoms with E-state index in [2.05, 4.69) is 15.4 Å². The molecule has 0 saturated heterocycles. The first-order chi connectivity index (χ1) is 8.94. The lowest BCUT2D eigenvalue weighted by Gasteiger charge is -2.28. The average Bonchev–Trinajstić information content (AvgIpc) is 2.70. The smallest absolute Gasteiger partial charge is 0.240 e. The van der Waals surface area contributed by atoms with Gasteiger partial charge in [-0.05, 0) is 33.1 Å². The Labute approximate surface area is 125 Å². The minimum Gasteiger partial charge on any atom is -0.344 e. The summed E-state index contributed by atoms with van der Waals surface area (Å²) >= 11 is 0. The molecule has 1 aliphatic rings. The van der Waals surface area contributed by atoms with Crippen molar-refractivity contribution in [1.82, 2.24) is 20.1 Å². The molecule has 2 rings (SSSR count). The minimum absolute atomic E-state index is 0. The Hall–Kier alpha value is -1.14. The Balaban J connectivity index is 0.00000200. The lowest BCUT2D eigenvalue weighted by molar-refractivity contribution is -0.127. The predicted molar refractivity (Wildman–Crippen MR) is 79.6 cm³/mol. The molecule has 2 unspecified atom stereocenters. The van der Waals surface area contributed by atoms with E-state index in [1.54, 1.807) is 6.92 Å². The summed E-state index contributed by atoms with van der Waals surface area (Å²) in [5.74, 6) is 1.50. The maximum atomic E-state index is 12.2. The van der Waals surface area contributed by atoms with E-state index in [1.807, 2.05) is 18.5 Å². The molecule has 114 valence electrons. The number of carbonyl (C=O) groups excluding carboxylic acids is 1. The zero-order valence-electron chi connectivity index (χ0n) is 12.3. The summed E-state index contributed by atoms with van der Waals surface area (Å²) in [6.07, 6.45) is 3.46. The number of carbonyl (C=O) groups is 1. The molecular formula is C13H24ClN5O. The second kappa shape index (κ2) is 6.54. The number of hydrogen-bond acceptors (Lipinski definition) is 4. The van der Waals surface area contributed by atoms with Crippen LogP contribution in [0, 0.1) is 6.92 Å². The molecule has 3 N–H and O–H groups in total. The van der Waals surface area contributed by atoms with E-state index in [0.717, 1.165) is 37.5 Å². The summed E-state index contributed by atoms with van der Waals surface area (Å²) in [6, 6.07) is -0.0674. The third kappa shape index (κ3) is 3.49. The van der Waals surface area contributed by atoms with E-state index in [4.69, 9.17) is 5.73 Å². The minimum atomic E-state index is -0.813. The molecule has 20 heavy (non-hydrogen) atoms. The van der Waals surface area contributed by atoms with Crippen molar-refractivity contribution in [2.45, 2.75) is 64.6 Å². The van der Waals surface area contributed by atoms with Crippen LogP contribution in [0.4, 0.5) is 0 Å². The van der Waals surface area contributed by atoms with Crippen molar-refractivity contribution < 1.29 is 4.79 Å². The number of hydrogen-bond donors (Lipinski definition) is 2. The molecule has 6 nitrogen and oxygen atoms in total. The van der Waals surface area contributed by atoms with E-state index in [9.17, 15) is 4.79 Å². The van der Waals surface area contributed by atoms with Gasteiger partial charge < -0.3 is 11.1 Å². The summed E-state index contributed by atoms with van der Waals surface area (Å²) in [6.45, 7) is 6.55. The van der Waals surface area contributed by atoms with E-state index < -0.39 is 5.54 Å². The largest absolute Gasteiger partial charge is 0.344 e. The van der Waals surface area contributed by atoms with Crippen molar-refractivity contribution >= 4 is 18.3 Å². The Morgan fingerprint density at radius 1 is 1.60 bits per heavy atom. The fourth-order valence-corrected chi connectivity index (χ4v) is 2.56. The van der Waals surface area contributed by atoms with Crippen LogP contribution in [0.25, 0.3) is 0 Å². The first-order valence-electron chi connectivity index (χ1n) is 6.95. The van der Waals surface area contributed by atoms with Crippen LogP contribution in [0.1, 0.15) is 57.2 Å². The molecule has 2 heterocycles. The molecule has 0 fully saturated rings. The summed E-state index contributed by atoms with van der Waals surface area (Å²) in [7, 11) is 0. The second-order valence-electron chi connectivity index (χ2n) is 5.58. The van der Waals surface area contributed by atoms with Gasteiger partial charge in [-0.2, -0.15) is 5.10 Å². The summed E-state index contributed by atoms with van der Waals surface area (Å²) in [4.78, 5) is 16.7. The van der Waals surface area contributed by atoms with Gasteiger partial charge in [0.25, 0.3) is 0 Å². The van der Waals surface area contributed by atoms with E-state index in [1.165, 1.54) is 0 Å². The molecule has 2 atom stereocenters. The maximum Gasteiger partial charge on any atom is 0.240 e. The standard InChI is InChI=1S/C13H23N5O.ClH/c1-4-7-13(3,14)12(19)16-10-6-5-8-18-11(10)15-9(2)17-18;/h10H,4-8,14H2,1-3H3,(H,16,19);1H. The number of aromatic nitrogens is 3. The van der Waals surface area contributed by atoms with Crippen LogP contribution in [0.15, 0.2) is 0 Å². The van der Waals surface area contributed by atoms with Gasteiger partial charge in [-0.1, -0.05) is 13.3 Å². The lowest BCUT2D eigenvalue weighted by atomic mass is 9.95. The molecule has 1 aromatic rings. The summed E-state index contributed by atoms with van der Waals surface area (Å²) in [5.41, 5.74) is 5.24. The summed E-state index contributed by atoms with van der Waals surface area (Å²) < 4.78 is 1.89. The molecule has 0 saturated carbocycles. The molecule has 1 amide bonds. The number of amides is 1. The molecule has 0 aromatic carbocycles. The second-order valence-corrected chi connectivity index (χ2v) is 5.58. The Bertz CT molecular complexity index is 471. The Morgan fingerprint density at radius 3 is 2.95 bits per heavy atom. The van der Waals surface area contributed by atoms with Crippen LogP contribution < -0.4 is 11.1 Å². The van der Waals surface area contributed by atoms with Gasteiger partial charge in [0.1, 0.15) is 11.6 Å². The normalized spacial score (nSPS) is 20.5. The monoisotopic (exact) mass is 301 g/mol. The van der Waals surface area contributed by atoms with Gasteiger partial charge in [0.15, 0.2) is 0 Å². The fraction of sp³-hybridized carbons (Fsp3) is 0.769. The van der Waals surface area contributed by atoms with Crippen molar-refractivity contribution in [2.24, 2.45) is 5.73 Å². The van der Waals surface area contributed by atoms with E-state index in [0.29, 0.717) is 6.42 Å².